The minimum absolute atomic E-state index is 0.0235. The number of hydrogen-bond acceptors (Lipinski definition) is 6. The number of carbonyl (C=O) groups is 2. The molecular weight excluding hydrogens is 270 g/mol. The highest BCUT2D eigenvalue weighted by Crippen LogP contribution is 2.13. The monoisotopic (exact) mass is 277 g/mol. The first-order valence-electron chi connectivity index (χ1n) is 5.21. The number of carbonyl (C=O) groups excluding carboxylic acids is 2. The number of rotatable bonds is 5. The molecule has 0 amide bonds. The molecule has 0 radical (unpaired) electrons. The van der Waals surface area contributed by atoms with E-state index in [2.05, 4.69) is 15.5 Å². The van der Waals surface area contributed by atoms with Gasteiger partial charge in [0, 0.05) is 16.8 Å². The van der Waals surface area contributed by atoms with Crippen molar-refractivity contribution in [3.05, 3.63) is 53.0 Å². The topological polar surface area (TPSA) is 85.1 Å². The van der Waals surface area contributed by atoms with Crippen molar-refractivity contribution < 1.29 is 14.1 Å². The molecule has 0 unspecified atom stereocenters. The molecule has 0 bridgehead atoms. The number of hydrogen-bond donors (Lipinski definition) is 1. The summed E-state index contributed by atoms with van der Waals surface area (Å²) in [7, 11) is 0. The number of nitrogens with zero attached hydrogens (tertiary/aromatic N) is 2. The Kier molecular flexibility index (Phi) is 4.04. The molecule has 7 heteroatoms. The number of halogens is 1. The van der Waals surface area contributed by atoms with E-state index in [1.165, 1.54) is 12.3 Å². The van der Waals surface area contributed by atoms with E-state index in [-0.39, 0.29) is 17.6 Å². The zero-order valence-corrected chi connectivity index (χ0v) is 10.3. The van der Waals surface area contributed by atoms with E-state index >= 15 is 0 Å². The lowest BCUT2D eigenvalue weighted by atomic mass is 10.1. The van der Waals surface area contributed by atoms with Crippen LogP contribution in [0.15, 0.2) is 41.1 Å². The summed E-state index contributed by atoms with van der Waals surface area (Å²) in [6.07, 6.45) is 3.12. The SMILES string of the molecule is O=C/C=C\Nc1nc(C(=O)c2ccc(Cl)cc2)no1. The minimum Gasteiger partial charge on any atom is -0.315 e. The Balaban J connectivity index is 2.13. The lowest BCUT2D eigenvalue weighted by Gasteiger charge is -1.95. The quantitative estimate of drug-likeness (QED) is 0.512. The molecule has 2 aromatic rings. The average Bonchev–Trinajstić information content (AvgIpc) is 2.88. The van der Waals surface area contributed by atoms with Crippen LogP contribution in [0.25, 0.3) is 0 Å². The zero-order valence-electron chi connectivity index (χ0n) is 9.54. The summed E-state index contributed by atoms with van der Waals surface area (Å²) in [6.45, 7) is 0. The van der Waals surface area contributed by atoms with Crippen LogP contribution in [0.5, 0.6) is 0 Å². The van der Waals surface area contributed by atoms with E-state index < -0.39 is 0 Å². The number of ketones is 1. The molecular formula is C12H8ClN3O3. The van der Waals surface area contributed by atoms with E-state index in [4.69, 9.17) is 16.1 Å². The van der Waals surface area contributed by atoms with Crippen LogP contribution in [0.1, 0.15) is 16.2 Å². The van der Waals surface area contributed by atoms with Crippen molar-refractivity contribution >= 4 is 29.7 Å². The van der Waals surface area contributed by atoms with Crippen molar-refractivity contribution in [1.29, 1.82) is 0 Å². The smallest absolute Gasteiger partial charge is 0.315 e. The van der Waals surface area contributed by atoms with Gasteiger partial charge >= 0.3 is 6.01 Å². The molecule has 1 N–H and O–H groups in total. The predicted octanol–water partition coefficient (Wildman–Crippen LogP) is 2.08. The third-order valence-electron chi connectivity index (χ3n) is 2.12. The maximum Gasteiger partial charge on any atom is 0.325 e. The van der Waals surface area contributed by atoms with Crippen molar-refractivity contribution in [3.8, 4) is 0 Å². The van der Waals surface area contributed by atoms with E-state index in [0.29, 0.717) is 16.9 Å². The number of allylic oxidation sites excluding steroid dienone is 1. The van der Waals surface area contributed by atoms with Gasteiger partial charge in [-0.25, -0.2) is 0 Å². The van der Waals surface area contributed by atoms with E-state index in [1.54, 1.807) is 24.3 Å². The van der Waals surface area contributed by atoms with Crippen LogP contribution in [0.4, 0.5) is 6.01 Å². The first kappa shape index (κ1) is 13.0. The Hall–Kier alpha value is -2.47. The molecule has 0 saturated heterocycles. The van der Waals surface area contributed by atoms with Gasteiger partial charge in [-0.15, -0.1) is 0 Å². The highest BCUT2D eigenvalue weighted by atomic mass is 35.5. The van der Waals surface area contributed by atoms with Crippen molar-refractivity contribution in [1.82, 2.24) is 10.1 Å². The molecule has 0 aliphatic rings. The first-order chi connectivity index (χ1) is 9.20. The predicted molar refractivity (Wildman–Crippen MR) is 68.0 cm³/mol. The molecule has 1 heterocycles. The Morgan fingerprint density at radius 3 is 2.74 bits per heavy atom. The summed E-state index contributed by atoms with van der Waals surface area (Å²) >= 11 is 5.73. The van der Waals surface area contributed by atoms with E-state index in [0.717, 1.165) is 0 Å². The Labute approximate surface area is 113 Å². The molecule has 0 aliphatic heterocycles. The largest absolute Gasteiger partial charge is 0.325 e. The van der Waals surface area contributed by atoms with Crippen LogP contribution < -0.4 is 5.32 Å². The summed E-state index contributed by atoms with van der Waals surface area (Å²) in [5, 5.41) is 6.63. The molecule has 1 aromatic heterocycles. The maximum atomic E-state index is 12.0. The molecule has 19 heavy (non-hydrogen) atoms. The van der Waals surface area contributed by atoms with Gasteiger partial charge in [0.15, 0.2) is 0 Å². The number of anilines is 1. The fraction of sp³-hybridized carbons (Fsp3) is 0. The summed E-state index contributed by atoms with van der Waals surface area (Å²) in [5.74, 6) is -0.461. The second-order valence-corrected chi connectivity index (χ2v) is 3.84. The van der Waals surface area contributed by atoms with E-state index in [1.807, 2.05) is 0 Å². The van der Waals surface area contributed by atoms with Gasteiger partial charge in [0.1, 0.15) is 6.29 Å². The van der Waals surface area contributed by atoms with E-state index in [9.17, 15) is 9.59 Å². The van der Waals surface area contributed by atoms with Crippen LogP contribution in [0.2, 0.25) is 5.02 Å². The number of nitrogens with one attached hydrogen (secondary N) is 1. The second-order valence-electron chi connectivity index (χ2n) is 3.40. The highest BCUT2D eigenvalue weighted by molar-refractivity contribution is 6.30. The van der Waals surface area contributed by atoms with Crippen molar-refractivity contribution in [2.45, 2.75) is 0 Å². The normalized spacial score (nSPS) is 10.6. The van der Waals surface area contributed by atoms with Crippen molar-refractivity contribution in [2.75, 3.05) is 5.32 Å². The Morgan fingerprint density at radius 1 is 1.32 bits per heavy atom. The van der Waals surface area contributed by atoms with Gasteiger partial charge < -0.3 is 9.84 Å². The third kappa shape index (κ3) is 3.26. The Morgan fingerprint density at radius 2 is 2.05 bits per heavy atom. The average molecular weight is 278 g/mol. The van der Waals surface area contributed by atoms with Gasteiger partial charge in [-0.1, -0.05) is 16.8 Å². The van der Waals surface area contributed by atoms with Gasteiger partial charge in [-0.05, 0) is 30.3 Å². The van der Waals surface area contributed by atoms with Crippen LogP contribution in [-0.2, 0) is 4.79 Å². The van der Waals surface area contributed by atoms with Crippen molar-refractivity contribution in [3.63, 3.8) is 0 Å². The van der Waals surface area contributed by atoms with Gasteiger partial charge in [0.2, 0.25) is 11.6 Å². The summed E-state index contributed by atoms with van der Waals surface area (Å²) in [4.78, 5) is 25.9. The van der Waals surface area contributed by atoms with Gasteiger partial charge in [0.25, 0.3) is 0 Å². The molecule has 1 aromatic carbocycles. The third-order valence-corrected chi connectivity index (χ3v) is 2.37. The molecule has 0 aliphatic carbocycles. The van der Waals surface area contributed by atoms with Gasteiger partial charge in [-0.3, -0.25) is 9.59 Å². The molecule has 6 nitrogen and oxygen atoms in total. The van der Waals surface area contributed by atoms with Crippen molar-refractivity contribution in [2.24, 2.45) is 0 Å². The lowest BCUT2D eigenvalue weighted by molar-refractivity contribution is -0.104. The first-order valence-corrected chi connectivity index (χ1v) is 5.59. The standard InChI is InChI=1S/C12H8ClN3O3/c13-9-4-2-8(3-5-9)10(18)11-15-12(19-16-11)14-6-1-7-17/h1-7H,(H,14,15,16)/b6-1-. The molecule has 2 rings (SSSR count). The summed E-state index contributed by atoms with van der Waals surface area (Å²) in [6, 6.07) is 6.36. The van der Waals surface area contributed by atoms with Crippen LogP contribution >= 0.6 is 11.6 Å². The fourth-order valence-corrected chi connectivity index (χ4v) is 1.39. The summed E-state index contributed by atoms with van der Waals surface area (Å²) < 4.78 is 4.79. The van der Waals surface area contributed by atoms with Gasteiger partial charge in [-0.2, -0.15) is 4.98 Å². The van der Waals surface area contributed by atoms with Gasteiger partial charge in [0.05, 0.1) is 0 Å². The second kappa shape index (κ2) is 5.92. The van der Waals surface area contributed by atoms with Crippen LogP contribution in [0, 0.1) is 0 Å². The fourth-order valence-electron chi connectivity index (χ4n) is 1.26. The maximum absolute atomic E-state index is 12.0. The zero-order chi connectivity index (χ0) is 13.7. The Bertz CT molecular complexity index is 619. The molecule has 0 fully saturated rings. The molecule has 0 spiro atoms. The van der Waals surface area contributed by atoms with Crippen LogP contribution in [-0.4, -0.2) is 22.2 Å². The molecule has 96 valence electrons. The number of aromatic nitrogens is 2. The molecule has 0 atom stereocenters. The summed E-state index contributed by atoms with van der Waals surface area (Å²) in [5.41, 5.74) is 0.403. The van der Waals surface area contributed by atoms with Crippen LogP contribution in [0.3, 0.4) is 0 Å². The number of aldehydes is 1. The molecule has 0 saturated carbocycles. The number of benzene rings is 1. The highest BCUT2D eigenvalue weighted by Gasteiger charge is 2.16. The lowest BCUT2D eigenvalue weighted by Crippen LogP contribution is -2.03. The minimum atomic E-state index is -0.382.